The number of carbonyl (C=O) groups is 2. The number of hydrogen-bond acceptors (Lipinski definition) is 5. The third-order valence-corrected chi connectivity index (χ3v) is 5.89. The lowest BCUT2D eigenvalue weighted by Crippen LogP contribution is -2.28. The minimum absolute atomic E-state index is 0.182. The molecule has 2 amide bonds. The molecule has 2 bridgehead atoms. The summed E-state index contributed by atoms with van der Waals surface area (Å²) in [6.45, 7) is 2.38. The number of benzene rings is 1. The molecule has 1 heterocycles. The average Bonchev–Trinajstić information content (AvgIpc) is 3.28. The third-order valence-electron chi connectivity index (χ3n) is 5.31. The fourth-order valence-electron chi connectivity index (χ4n) is 4.25. The molecule has 4 unspecified atom stereocenters. The minimum atomic E-state index is -0.240. The zero-order valence-electron chi connectivity index (χ0n) is 14.5. The number of fused-ring (bicyclic) bond motifs is 5. The summed E-state index contributed by atoms with van der Waals surface area (Å²) < 4.78 is 11.6. The molecule has 4 atom stereocenters. The molecule has 1 saturated carbocycles. The molecule has 4 rings (SSSR count). The Morgan fingerprint density at radius 2 is 1.88 bits per heavy atom. The molecule has 0 radical (unpaired) electrons. The standard InChI is InChI=1S/C19H19BrN2O4/c1-3-26-14-7-10(6-13(20)17(14)25-2)9-21-22-18(23)15-11-4-5-12(8-11)16(15)19(22)24/h4-7,9,11-12,15-16H,3,8H2,1-2H3. The topological polar surface area (TPSA) is 68.2 Å². The largest absolute Gasteiger partial charge is 0.492 e. The zero-order chi connectivity index (χ0) is 18.4. The number of hydrazone groups is 1. The Hall–Kier alpha value is -2.15. The second kappa shape index (κ2) is 6.54. The van der Waals surface area contributed by atoms with Gasteiger partial charge in [0, 0.05) is 0 Å². The highest BCUT2D eigenvalue weighted by molar-refractivity contribution is 9.10. The summed E-state index contributed by atoms with van der Waals surface area (Å²) in [7, 11) is 1.57. The normalized spacial score (nSPS) is 29.1. The first-order valence-electron chi connectivity index (χ1n) is 8.65. The number of nitrogens with zero attached hydrogens (tertiary/aromatic N) is 2. The van der Waals surface area contributed by atoms with Crippen LogP contribution < -0.4 is 9.47 Å². The van der Waals surface area contributed by atoms with Gasteiger partial charge in [0.15, 0.2) is 11.5 Å². The van der Waals surface area contributed by atoms with Crippen molar-refractivity contribution in [1.29, 1.82) is 0 Å². The van der Waals surface area contributed by atoms with Crippen molar-refractivity contribution in [1.82, 2.24) is 5.01 Å². The second-order valence-electron chi connectivity index (χ2n) is 6.70. The van der Waals surface area contributed by atoms with Crippen LogP contribution in [0.2, 0.25) is 0 Å². The molecule has 3 aliphatic rings. The Morgan fingerprint density at radius 3 is 2.46 bits per heavy atom. The fraction of sp³-hybridized carbons (Fsp3) is 0.421. The van der Waals surface area contributed by atoms with Gasteiger partial charge in [0.05, 0.1) is 36.2 Å². The Labute approximate surface area is 160 Å². The van der Waals surface area contributed by atoms with Crippen LogP contribution in [0.1, 0.15) is 18.9 Å². The monoisotopic (exact) mass is 418 g/mol. The smallest absolute Gasteiger partial charge is 0.254 e. The summed E-state index contributed by atoms with van der Waals surface area (Å²) in [5.41, 5.74) is 0.708. The van der Waals surface area contributed by atoms with Crippen molar-refractivity contribution >= 4 is 34.0 Å². The van der Waals surface area contributed by atoms with E-state index in [1.165, 1.54) is 6.21 Å². The summed E-state index contributed by atoms with van der Waals surface area (Å²) in [6.07, 6.45) is 6.56. The highest BCUT2D eigenvalue weighted by Gasteiger charge is 2.59. The van der Waals surface area contributed by atoms with Crippen LogP contribution in [0.3, 0.4) is 0 Å². The summed E-state index contributed by atoms with van der Waals surface area (Å²) in [5.74, 6) is 0.671. The molecule has 7 heteroatoms. The van der Waals surface area contributed by atoms with Crippen LogP contribution in [-0.2, 0) is 9.59 Å². The maximum Gasteiger partial charge on any atom is 0.254 e. The predicted octanol–water partition coefficient (Wildman–Crippen LogP) is 3.00. The van der Waals surface area contributed by atoms with Gasteiger partial charge in [0.25, 0.3) is 11.8 Å². The Kier molecular flexibility index (Phi) is 4.34. The van der Waals surface area contributed by atoms with E-state index in [2.05, 4.69) is 33.2 Å². The highest BCUT2D eigenvalue weighted by atomic mass is 79.9. The van der Waals surface area contributed by atoms with Crippen LogP contribution in [-0.4, -0.2) is 36.8 Å². The lowest BCUT2D eigenvalue weighted by Gasteiger charge is -2.13. The number of amides is 2. The SMILES string of the molecule is CCOc1cc(C=NN2C(=O)C3C4C=CC(C4)C3C2=O)cc(Br)c1OC. The predicted molar refractivity (Wildman–Crippen MR) is 99.0 cm³/mol. The van der Waals surface area contributed by atoms with Gasteiger partial charge in [-0.1, -0.05) is 12.2 Å². The van der Waals surface area contributed by atoms with Crippen molar-refractivity contribution < 1.29 is 19.1 Å². The van der Waals surface area contributed by atoms with Crippen LogP contribution in [0.25, 0.3) is 0 Å². The number of halogens is 1. The van der Waals surface area contributed by atoms with Crippen molar-refractivity contribution in [3.8, 4) is 11.5 Å². The van der Waals surface area contributed by atoms with Gasteiger partial charge in [-0.15, -0.1) is 0 Å². The first kappa shape index (κ1) is 17.3. The minimum Gasteiger partial charge on any atom is -0.492 e. The van der Waals surface area contributed by atoms with Crippen molar-refractivity contribution in [2.45, 2.75) is 13.3 Å². The van der Waals surface area contributed by atoms with E-state index in [0.717, 1.165) is 11.4 Å². The first-order chi connectivity index (χ1) is 12.5. The van der Waals surface area contributed by atoms with Crippen LogP contribution in [0.5, 0.6) is 11.5 Å². The van der Waals surface area contributed by atoms with E-state index in [1.807, 2.05) is 13.0 Å². The number of imide groups is 1. The van der Waals surface area contributed by atoms with Crippen LogP contribution in [0.15, 0.2) is 33.9 Å². The van der Waals surface area contributed by atoms with Gasteiger partial charge in [-0.05, 0) is 58.8 Å². The van der Waals surface area contributed by atoms with E-state index in [1.54, 1.807) is 13.2 Å². The number of hydrogen-bond donors (Lipinski definition) is 0. The quantitative estimate of drug-likeness (QED) is 0.418. The molecule has 136 valence electrons. The molecular formula is C19H19BrN2O4. The second-order valence-corrected chi connectivity index (χ2v) is 7.55. The van der Waals surface area contributed by atoms with Crippen LogP contribution in [0.4, 0.5) is 0 Å². The van der Waals surface area contributed by atoms with Gasteiger partial charge in [-0.25, -0.2) is 0 Å². The summed E-state index contributed by atoms with van der Waals surface area (Å²) in [4.78, 5) is 25.3. The molecule has 6 nitrogen and oxygen atoms in total. The van der Waals surface area contributed by atoms with Crippen molar-refractivity contribution in [2.24, 2.45) is 28.8 Å². The molecule has 0 N–H and O–H groups in total. The molecule has 0 spiro atoms. The van der Waals surface area contributed by atoms with Gasteiger partial charge in [0.1, 0.15) is 0 Å². The molecule has 26 heavy (non-hydrogen) atoms. The number of ether oxygens (including phenoxy) is 2. The van der Waals surface area contributed by atoms with Crippen LogP contribution in [0, 0.1) is 23.7 Å². The zero-order valence-corrected chi connectivity index (χ0v) is 16.1. The number of rotatable bonds is 5. The van der Waals surface area contributed by atoms with E-state index in [0.29, 0.717) is 28.1 Å². The van der Waals surface area contributed by atoms with E-state index in [4.69, 9.17) is 9.47 Å². The molecule has 1 saturated heterocycles. The van der Waals surface area contributed by atoms with Crippen molar-refractivity contribution in [3.63, 3.8) is 0 Å². The average molecular weight is 419 g/mol. The molecule has 2 fully saturated rings. The third kappa shape index (κ3) is 2.57. The summed E-state index contributed by atoms with van der Waals surface area (Å²) >= 11 is 3.45. The molecular weight excluding hydrogens is 400 g/mol. The Balaban J connectivity index is 1.59. The van der Waals surface area contributed by atoms with Gasteiger partial charge >= 0.3 is 0 Å². The lowest BCUT2D eigenvalue weighted by atomic mass is 9.85. The van der Waals surface area contributed by atoms with E-state index in [9.17, 15) is 9.59 Å². The van der Waals surface area contributed by atoms with Gasteiger partial charge < -0.3 is 9.47 Å². The van der Waals surface area contributed by atoms with E-state index >= 15 is 0 Å². The molecule has 2 aliphatic carbocycles. The molecule has 1 aromatic rings. The van der Waals surface area contributed by atoms with E-state index < -0.39 is 0 Å². The van der Waals surface area contributed by atoms with Gasteiger partial charge in [-0.2, -0.15) is 10.1 Å². The number of carbonyl (C=O) groups excluding carboxylic acids is 2. The first-order valence-corrected chi connectivity index (χ1v) is 9.45. The fourth-order valence-corrected chi connectivity index (χ4v) is 4.87. The maximum absolute atomic E-state index is 12.6. The molecule has 1 aliphatic heterocycles. The van der Waals surface area contributed by atoms with Gasteiger partial charge in [0.2, 0.25) is 0 Å². The Morgan fingerprint density at radius 1 is 1.23 bits per heavy atom. The number of allylic oxidation sites excluding steroid dienone is 2. The van der Waals surface area contributed by atoms with E-state index in [-0.39, 0.29) is 35.5 Å². The molecule has 0 aromatic heterocycles. The number of methoxy groups -OCH3 is 1. The molecule has 1 aromatic carbocycles. The summed E-state index contributed by atoms with van der Waals surface area (Å²) in [5, 5.41) is 5.24. The Bertz CT molecular complexity index is 805. The highest BCUT2D eigenvalue weighted by Crippen LogP contribution is 2.52. The van der Waals surface area contributed by atoms with Crippen molar-refractivity contribution in [3.05, 3.63) is 34.3 Å². The van der Waals surface area contributed by atoms with Crippen molar-refractivity contribution in [2.75, 3.05) is 13.7 Å². The van der Waals surface area contributed by atoms with Crippen LogP contribution >= 0.6 is 15.9 Å². The summed E-state index contributed by atoms with van der Waals surface area (Å²) in [6, 6.07) is 3.58. The van der Waals surface area contributed by atoms with Gasteiger partial charge in [-0.3, -0.25) is 9.59 Å². The maximum atomic E-state index is 12.6. The lowest BCUT2D eigenvalue weighted by molar-refractivity contribution is -0.140.